The largest absolute Gasteiger partial charge is 0.0713 e. The van der Waals surface area contributed by atoms with Crippen molar-refractivity contribution in [2.45, 2.75) is 81.1 Å². The predicted octanol–water partition coefficient (Wildman–Crippen LogP) is 14.9. The first kappa shape index (κ1) is 43.3. The van der Waals surface area contributed by atoms with E-state index < -0.39 is 0 Å². The summed E-state index contributed by atoms with van der Waals surface area (Å²) >= 11 is 0. The molecule has 0 fully saturated rings. The Hall–Kier alpha value is -4.68. The SMILES string of the molecule is CC.CC.CC.CC.CCC.c1ccc(C2(c3ccccc3)c3ccccc3-c3ccccc32)cc1.c1ccccc1.c1ccccc1. The Kier molecular flexibility index (Phi) is 25.8. The quantitative estimate of drug-likeness (QED) is 0.177. The molecule has 1 aliphatic carbocycles. The van der Waals surface area contributed by atoms with Crippen LogP contribution in [0.5, 0.6) is 0 Å². The standard InChI is InChI=1S/C25H18.2C6H6.C3H8.4C2H6/c1-3-11-19(12-4-1)25(20-13-5-2-6-14-20)23-17-9-7-15-21(23)22-16-8-10-18-24(22)25;2*1-2-4-6-5-3-1;1-3-2;4*1-2/h1-18H;2*1-6H;3H2,1-2H3;4*1-2H3. The van der Waals surface area contributed by atoms with E-state index in [0.717, 1.165) is 0 Å². The van der Waals surface area contributed by atoms with E-state index in [1.165, 1.54) is 39.8 Å². The summed E-state index contributed by atoms with van der Waals surface area (Å²) in [5.74, 6) is 0. The normalized spacial score (nSPS) is 10.1. The number of fused-ring (bicyclic) bond motifs is 3. The van der Waals surface area contributed by atoms with Crippen LogP contribution in [0.4, 0.5) is 0 Å². The number of rotatable bonds is 2. The Morgan fingerprint density at radius 1 is 0.292 bits per heavy atom. The Balaban J connectivity index is 0.000000789. The van der Waals surface area contributed by atoms with E-state index in [0.29, 0.717) is 0 Å². The third-order valence-corrected chi connectivity index (χ3v) is 6.70. The van der Waals surface area contributed by atoms with Crippen LogP contribution < -0.4 is 0 Å². The summed E-state index contributed by atoms with van der Waals surface area (Å²) in [4.78, 5) is 0. The molecule has 0 aromatic heterocycles. The Morgan fingerprint density at radius 2 is 0.479 bits per heavy atom. The van der Waals surface area contributed by atoms with Gasteiger partial charge in [0.15, 0.2) is 0 Å². The van der Waals surface area contributed by atoms with Crippen LogP contribution >= 0.6 is 0 Å². The molecule has 0 spiro atoms. The van der Waals surface area contributed by atoms with Crippen molar-refractivity contribution in [2.75, 3.05) is 0 Å². The summed E-state index contributed by atoms with van der Waals surface area (Å²) in [6.07, 6.45) is 1.25. The van der Waals surface area contributed by atoms with Crippen LogP contribution in [0.2, 0.25) is 0 Å². The van der Waals surface area contributed by atoms with Crippen molar-refractivity contribution in [2.24, 2.45) is 0 Å². The molecule has 0 heterocycles. The smallest absolute Gasteiger partial charge is 0.0683 e. The number of hydrogen-bond donors (Lipinski definition) is 0. The lowest BCUT2D eigenvalue weighted by Gasteiger charge is -2.33. The van der Waals surface area contributed by atoms with E-state index in [1.54, 1.807) is 0 Å². The van der Waals surface area contributed by atoms with Gasteiger partial charge < -0.3 is 0 Å². The molecule has 0 bridgehead atoms. The van der Waals surface area contributed by atoms with Crippen LogP contribution in [0.1, 0.15) is 97.9 Å². The summed E-state index contributed by atoms with van der Waals surface area (Å²) in [5, 5.41) is 0. The molecule has 6 aromatic rings. The molecule has 7 rings (SSSR count). The lowest BCUT2D eigenvalue weighted by molar-refractivity contribution is 0.768. The average Bonchev–Trinajstić information content (AvgIpc) is 3.52. The molecular weight excluding hydrogens is 577 g/mol. The summed E-state index contributed by atoms with van der Waals surface area (Å²) in [6, 6.07) is 63.5. The van der Waals surface area contributed by atoms with Gasteiger partial charge in [-0.25, -0.2) is 0 Å². The minimum atomic E-state index is -0.254. The number of benzene rings is 6. The minimum absolute atomic E-state index is 0.254. The fraction of sp³-hybridized carbons (Fsp3) is 0.250. The predicted molar refractivity (Wildman–Crippen MR) is 218 cm³/mol. The molecule has 0 amide bonds. The van der Waals surface area contributed by atoms with Gasteiger partial charge in [-0.1, -0.05) is 258 Å². The van der Waals surface area contributed by atoms with E-state index in [1.807, 2.05) is 128 Å². The highest BCUT2D eigenvalue weighted by Gasteiger charge is 2.45. The first-order valence-corrected chi connectivity index (χ1v) is 18.1. The van der Waals surface area contributed by atoms with Gasteiger partial charge in [0, 0.05) is 0 Å². The molecule has 1 aliphatic rings. The molecule has 0 atom stereocenters. The Bertz CT molecular complexity index is 1330. The van der Waals surface area contributed by atoms with E-state index in [9.17, 15) is 0 Å². The molecule has 0 nitrogen and oxygen atoms in total. The van der Waals surface area contributed by atoms with Gasteiger partial charge >= 0.3 is 0 Å². The second-order valence-corrected chi connectivity index (χ2v) is 9.59. The molecule has 0 N–H and O–H groups in total. The topological polar surface area (TPSA) is 0 Å². The minimum Gasteiger partial charge on any atom is -0.0683 e. The van der Waals surface area contributed by atoms with E-state index in [4.69, 9.17) is 0 Å². The van der Waals surface area contributed by atoms with Crippen molar-refractivity contribution in [1.82, 2.24) is 0 Å². The van der Waals surface area contributed by atoms with E-state index in [-0.39, 0.29) is 5.41 Å². The second kappa shape index (κ2) is 28.5. The average molecular weight is 639 g/mol. The third-order valence-electron chi connectivity index (χ3n) is 6.70. The number of hydrogen-bond acceptors (Lipinski definition) is 0. The van der Waals surface area contributed by atoms with Crippen molar-refractivity contribution in [3.8, 4) is 11.1 Å². The first-order valence-electron chi connectivity index (χ1n) is 18.1. The van der Waals surface area contributed by atoms with E-state index >= 15 is 0 Å². The van der Waals surface area contributed by atoms with Gasteiger partial charge in [0.05, 0.1) is 5.41 Å². The van der Waals surface area contributed by atoms with Crippen molar-refractivity contribution < 1.29 is 0 Å². The van der Waals surface area contributed by atoms with Crippen LogP contribution in [0.25, 0.3) is 11.1 Å². The Morgan fingerprint density at radius 3 is 0.729 bits per heavy atom. The van der Waals surface area contributed by atoms with Crippen molar-refractivity contribution in [3.05, 3.63) is 204 Å². The molecule has 0 unspecified atom stereocenters. The maximum absolute atomic E-state index is 2.29. The van der Waals surface area contributed by atoms with Gasteiger partial charge in [0.25, 0.3) is 0 Å². The summed E-state index contributed by atoms with van der Waals surface area (Å²) < 4.78 is 0. The fourth-order valence-corrected chi connectivity index (χ4v) is 5.17. The van der Waals surface area contributed by atoms with Crippen LogP contribution in [0.3, 0.4) is 0 Å². The van der Waals surface area contributed by atoms with Crippen LogP contribution in [-0.4, -0.2) is 0 Å². The summed E-state index contributed by atoms with van der Waals surface area (Å²) in [6.45, 7) is 20.2. The maximum Gasteiger partial charge on any atom is 0.0713 e. The molecule has 0 aliphatic heterocycles. The van der Waals surface area contributed by atoms with Gasteiger partial charge in [-0.05, 0) is 33.4 Å². The molecule has 0 saturated heterocycles. The molecule has 0 saturated carbocycles. The molecule has 254 valence electrons. The van der Waals surface area contributed by atoms with Gasteiger partial charge in [0.2, 0.25) is 0 Å². The van der Waals surface area contributed by atoms with Crippen molar-refractivity contribution >= 4 is 0 Å². The van der Waals surface area contributed by atoms with E-state index in [2.05, 4.69) is 123 Å². The fourth-order valence-electron chi connectivity index (χ4n) is 5.17. The van der Waals surface area contributed by atoms with Crippen LogP contribution in [0.15, 0.2) is 182 Å². The highest BCUT2D eigenvalue weighted by Crippen LogP contribution is 2.55. The van der Waals surface area contributed by atoms with Crippen molar-refractivity contribution in [3.63, 3.8) is 0 Å². The zero-order valence-electron chi connectivity index (χ0n) is 31.5. The molecule has 0 radical (unpaired) electrons. The van der Waals surface area contributed by atoms with Crippen LogP contribution in [-0.2, 0) is 5.41 Å². The molecule has 0 heteroatoms. The zero-order valence-corrected chi connectivity index (χ0v) is 31.5. The van der Waals surface area contributed by atoms with Gasteiger partial charge in [-0.15, -0.1) is 0 Å². The molecule has 48 heavy (non-hydrogen) atoms. The zero-order chi connectivity index (χ0) is 35.9. The van der Waals surface area contributed by atoms with Crippen LogP contribution in [0, 0.1) is 0 Å². The lowest BCUT2D eigenvalue weighted by atomic mass is 9.68. The van der Waals surface area contributed by atoms with Gasteiger partial charge in [-0.3, -0.25) is 0 Å². The maximum atomic E-state index is 2.29. The second-order valence-electron chi connectivity index (χ2n) is 9.59. The summed E-state index contributed by atoms with van der Waals surface area (Å²) in [5.41, 5.74) is 7.80. The first-order chi connectivity index (χ1) is 23.8. The van der Waals surface area contributed by atoms with Gasteiger partial charge in [-0.2, -0.15) is 0 Å². The highest BCUT2D eigenvalue weighted by atomic mass is 14.5. The monoisotopic (exact) mass is 638 g/mol. The lowest BCUT2D eigenvalue weighted by Crippen LogP contribution is -2.28. The molecule has 6 aromatic carbocycles. The highest BCUT2D eigenvalue weighted by molar-refractivity contribution is 5.86. The van der Waals surface area contributed by atoms with Gasteiger partial charge in [0.1, 0.15) is 0 Å². The summed E-state index contributed by atoms with van der Waals surface area (Å²) in [7, 11) is 0. The Labute approximate surface area is 295 Å². The third kappa shape index (κ3) is 12.5. The molecular formula is C48H62. The van der Waals surface area contributed by atoms with Crippen molar-refractivity contribution in [1.29, 1.82) is 0 Å².